The summed E-state index contributed by atoms with van der Waals surface area (Å²) in [6, 6.07) is 59.6. The maximum atomic E-state index is 2.58. The SMILES string of the molecule is CCc1ccc(N2c3ccsc3B3c4sc5ccc(CC)cc5c4N(c4ccc(-c5cccc6c7ccccc7c7ccccc7c56)cc4)c4cccc2c43)cc1. The molecule has 4 heterocycles. The molecule has 10 aromatic rings. The molecule has 12 rings (SSSR count). The highest BCUT2D eigenvalue weighted by Gasteiger charge is 2.45. The van der Waals surface area contributed by atoms with Crippen molar-refractivity contribution in [3.05, 3.63) is 174 Å². The van der Waals surface area contributed by atoms with Crippen molar-refractivity contribution < 1.29 is 0 Å². The molecule has 270 valence electrons. The first kappa shape index (κ1) is 33.0. The molecule has 0 saturated carbocycles. The second-order valence-electron chi connectivity index (χ2n) is 15.4. The minimum atomic E-state index is 0.171. The number of nitrogens with zero attached hydrogens (tertiary/aromatic N) is 2. The van der Waals surface area contributed by atoms with Crippen LogP contribution in [-0.4, -0.2) is 6.71 Å². The fraction of sp³-hybridized carbons (Fsp3) is 0.0769. The van der Waals surface area contributed by atoms with Crippen molar-refractivity contribution >= 4 is 121 Å². The molecule has 2 nitrogen and oxygen atoms in total. The maximum Gasteiger partial charge on any atom is 0.277 e. The predicted molar refractivity (Wildman–Crippen MR) is 250 cm³/mol. The highest BCUT2D eigenvalue weighted by atomic mass is 32.1. The minimum absolute atomic E-state index is 0.171. The van der Waals surface area contributed by atoms with Crippen LogP contribution in [0.4, 0.5) is 34.1 Å². The average molecular weight is 765 g/mol. The van der Waals surface area contributed by atoms with Crippen LogP contribution in [0, 0.1) is 0 Å². The van der Waals surface area contributed by atoms with Gasteiger partial charge in [-0.2, -0.15) is 11.3 Å². The predicted octanol–water partition coefficient (Wildman–Crippen LogP) is 13.3. The van der Waals surface area contributed by atoms with Crippen LogP contribution >= 0.6 is 22.7 Å². The second-order valence-corrected chi connectivity index (χ2v) is 17.4. The van der Waals surface area contributed by atoms with E-state index in [-0.39, 0.29) is 6.71 Å². The Labute approximate surface area is 341 Å². The van der Waals surface area contributed by atoms with Crippen molar-refractivity contribution in [1.29, 1.82) is 0 Å². The quantitative estimate of drug-likeness (QED) is 0.127. The third kappa shape index (κ3) is 4.76. The summed E-state index contributed by atoms with van der Waals surface area (Å²) >= 11 is 3.87. The molecule has 0 fully saturated rings. The molecule has 0 N–H and O–H groups in total. The first-order valence-corrected chi connectivity index (χ1v) is 21.8. The summed E-state index contributed by atoms with van der Waals surface area (Å²) in [4.78, 5) is 5.08. The molecule has 0 aliphatic carbocycles. The Morgan fingerprint density at radius 2 is 1.09 bits per heavy atom. The zero-order chi connectivity index (χ0) is 37.8. The van der Waals surface area contributed by atoms with Gasteiger partial charge in [-0.25, -0.2) is 0 Å². The van der Waals surface area contributed by atoms with Crippen molar-refractivity contribution in [2.24, 2.45) is 0 Å². The number of hydrogen-bond donors (Lipinski definition) is 0. The number of aryl methyl sites for hydroxylation is 2. The van der Waals surface area contributed by atoms with E-state index in [1.807, 2.05) is 22.7 Å². The van der Waals surface area contributed by atoms with Gasteiger partial charge in [-0.3, -0.25) is 0 Å². The van der Waals surface area contributed by atoms with Gasteiger partial charge in [0, 0.05) is 42.4 Å². The van der Waals surface area contributed by atoms with Crippen LogP contribution in [0.2, 0.25) is 0 Å². The van der Waals surface area contributed by atoms with Crippen LogP contribution < -0.4 is 24.8 Å². The summed E-state index contributed by atoms with van der Waals surface area (Å²) < 4.78 is 4.20. The Balaban J connectivity index is 1.08. The highest BCUT2D eigenvalue weighted by molar-refractivity contribution is 7.38. The van der Waals surface area contributed by atoms with Crippen molar-refractivity contribution in [1.82, 2.24) is 0 Å². The molecule has 0 saturated heterocycles. The van der Waals surface area contributed by atoms with E-state index in [2.05, 4.69) is 187 Å². The lowest BCUT2D eigenvalue weighted by molar-refractivity contribution is 1.14. The number of anilines is 6. The molecule has 2 aromatic heterocycles. The summed E-state index contributed by atoms with van der Waals surface area (Å²) in [6.07, 6.45) is 2.04. The molecule has 57 heavy (non-hydrogen) atoms. The van der Waals surface area contributed by atoms with Gasteiger partial charge in [0.2, 0.25) is 0 Å². The van der Waals surface area contributed by atoms with Crippen LogP contribution in [0.25, 0.3) is 53.5 Å². The van der Waals surface area contributed by atoms with E-state index in [9.17, 15) is 0 Å². The number of benzene rings is 8. The van der Waals surface area contributed by atoms with E-state index < -0.39 is 0 Å². The van der Waals surface area contributed by atoms with Crippen LogP contribution in [0.1, 0.15) is 25.0 Å². The van der Waals surface area contributed by atoms with Gasteiger partial charge in [0.05, 0.1) is 11.4 Å². The summed E-state index contributed by atoms with van der Waals surface area (Å²) in [5.74, 6) is 0. The second kappa shape index (κ2) is 12.7. The van der Waals surface area contributed by atoms with Crippen molar-refractivity contribution in [3.63, 3.8) is 0 Å². The van der Waals surface area contributed by atoms with Gasteiger partial charge >= 0.3 is 0 Å². The van der Waals surface area contributed by atoms with Gasteiger partial charge in [-0.15, -0.1) is 11.3 Å². The number of rotatable bonds is 5. The Morgan fingerprint density at radius 3 is 1.81 bits per heavy atom. The topological polar surface area (TPSA) is 6.48 Å². The van der Waals surface area contributed by atoms with Crippen LogP contribution in [-0.2, 0) is 12.8 Å². The lowest BCUT2D eigenvalue weighted by atomic mass is 9.39. The molecule has 5 heteroatoms. The summed E-state index contributed by atoms with van der Waals surface area (Å²) in [5.41, 5.74) is 14.1. The van der Waals surface area contributed by atoms with Gasteiger partial charge in [-0.1, -0.05) is 117 Å². The minimum Gasteiger partial charge on any atom is -0.311 e. The van der Waals surface area contributed by atoms with Crippen LogP contribution in [0.15, 0.2) is 163 Å². The fourth-order valence-corrected chi connectivity index (χ4v) is 12.1. The lowest BCUT2D eigenvalue weighted by Gasteiger charge is -2.41. The molecule has 2 aliphatic heterocycles. The molecule has 0 spiro atoms. The number of hydrogen-bond acceptors (Lipinski definition) is 4. The smallest absolute Gasteiger partial charge is 0.277 e. The number of fused-ring (bicyclic) bond motifs is 12. The van der Waals surface area contributed by atoms with Gasteiger partial charge in [-0.05, 0) is 133 Å². The van der Waals surface area contributed by atoms with E-state index in [0.29, 0.717) is 0 Å². The lowest BCUT2D eigenvalue weighted by Crippen LogP contribution is -2.59. The fourth-order valence-electron chi connectivity index (χ4n) is 9.78. The molecule has 0 unspecified atom stereocenters. The van der Waals surface area contributed by atoms with Crippen molar-refractivity contribution in [2.45, 2.75) is 26.7 Å². The van der Waals surface area contributed by atoms with Crippen molar-refractivity contribution in [2.75, 3.05) is 9.80 Å². The third-order valence-corrected chi connectivity index (χ3v) is 14.7. The average Bonchev–Trinajstić information content (AvgIpc) is 3.92. The van der Waals surface area contributed by atoms with E-state index in [0.717, 1.165) is 12.8 Å². The first-order chi connectivity index (χ1) is 28.2. The summed E-state index contributed by atoms with van der Waals surface area (Å²) in [6.45, 7) is 4.66. The van der Waals surface area contributed by atoms with Gasteiger partial charge in [0.15, 0.2) is 0 Å². The normalized spacial score (nSPS) is 13.1. The van der Waals surface area contributed by atoms with E-state index in [4.69, 9.17) is 0 Å². The van der Waals surface area contributed by atoms with Gasteiger partial charge in [0.1, 0.15) is 0 Å². The Bertz CT molecular complexity index is 3190. The summed E-state index contributed by atoms with van der Waals surface area (Å²) in [5, 5.41) is 11.4. The van der Waals surface area contributed by atoms with Gasteiger partial charge < -0.3 is 9.80 Å². The molecule has 0 radical (unpaired) electrons. The Hall–Kier alpha value is -6.14. The van der Waals surface area contributed by atoms with E-state index in [1.165, 1.54) is 114 Å². The highest BCUT2D eigenvalue weighted by Crippen LogP contribution is 2.49. The molecule has 2 aliphatic rings. The van der Waals surface area contributed by atoms with Gasteiger partial charge in [0.25, 0.3) is 6.71 Å². The van der Waals surface area contributed by atoms with Crippen molar-refractivity contribution in [3.8, 4) is 11.1 Å². The molecule has 8 aromatic carbocycles. The van der Waals surface area contributed by atoms with E-state index in [1.54, 1.807) is 0 Å². The first-order valence-electron chi connectivity index (χ1n) is 20.1. The molecular weight excluding hydrogens is 728 g/mol. The molecule has 0 bridgehead atoms. The van der Waals surface area contributed by atoms with Crippen LogP contribution in [0.5, 0.6) is 0 Å². The Kier molecular flexibility index (Phi) is 7.36. The third-order valence-electron chi connectivity index (χ3n) is 12.5. The molecule has 0 atom stereocenters. The zero-order valence-corrected chi connectivity index (χ0v) is 33.4. The number of thiophene rings is 2. The van der Waals surface area contributed by atoms with E-state index >= 15 is 0 Å². The Morgan fingerprint density at radius 1 is 0.491 bits per heavy atom. The monoisotopic (exact) mass is 764 g/mol. The van der Waals surface area contributed by atoms with Crippen LogP contribution in [0.3, 0.4) is 0 Å². The molecule has 0 amide bonds. The standard InChI is InChI=1S/C52H37BN2S2/c1-3-32-19-24-35(25-20-32)54-44-17-10-18-45-49(44)53(51-46(54)29-30-56-51)52-50(43-31-33(4-2)21-28-47(43)57-52)55(45)36-26-22-34(23-27-36)37-15-9-16-42-40-12-6-5-11-38(40)39-13-7-8-14-41(39)48(37)42/h5-31H,3-4H2,1-2H3. The largest absolute Gasteiger partial charge is 0.311 e. The molecular formula is C52H37BN2S2. The maximum absolute atomic E-state index is 2.58. The zero-order valence-electron chi connectivity index (χ0n) is 31.8. The summed E-state index contributed by atoms with van der Waals surface area (Å²) in [7, 11) is 0.